The van der Waals surface area contributed by atoms with E-state index >= 15 is 0 Å². The van der Waals surface area contributed by atoms with Crippen molar-refractivity contribution >= 4 is 29.1 Å². The van der Waals surface area contributed by atoms with E-state index in [2.05, 4.69) is 5.10 Å². The number of rotatable bonds is 1. The Labute approximate surface area is 105 Å². The van der Waals surface area contributed by atoms with Crippen molar-refractivity contribution in [2.75, 3.05) is 16.5 Å². The lowest BCUT2D eigenvalue weighted by atomic mass is 10.1. The smallest absolute Gasteiger partial charge is 0.257 e. The number of amides is 1. The number of anilines is 1. The summed E-state index contributed by atoms with van der Waals surface area (Å²) < 4.78 is 39.5. The van der Waals surface area contributed by atoms with Crippen LogP contribution in [0.1, 0.15) is 0 Å². The Hall–Kier alpha value is -1.50. The first-order chi connectivity index (χ1) is 8.58. The third-order valence-electron chi connectivity index (χ3n) is 2.89. The van der Waals surface area contributed by atoms with Gasteiger partial charge in [0.15, 0.2) is 17.5 Å². The number of thioether (sulfide) groups is 1. The van der Waals surface area contributed by atoms with Gasteiger partial charge in [0.25, 0.3) is 5.91 Å². The second kappa shape index (κ2) is 4.01. The molecule has 0 spiro atoms. The molecule has 94 valence electrons. The molecule has 1 fully saturated rings. The Bertz CT molecular complexity index is 576. The lowest BCUT2D eigenvalue weighted by molar-refractivity contribution is -0.119. The number of hydrogen-bond donors (Lipinski definition) is 0. The highest BCUT2D eigenvalue weighted by atomic mass is 32.2. The third-order valence-corrected chi connectivity index (χ3v) is 3.96. The Morgan fingerprint density at radius 3 is 2.67 bits per heavy atom. The van der Waals surface area contributed by atoms with Crippen molar-refractivity contribution in [2.45, 2.75) is 0 Å². The molecule has 0 N–H and O–H groups in total. The zero-order valence-electron chi connectivity index (χ0n) is 8.99. The molecule has 0 aromatic heterocycles. The number of carbonyl (C=O) groups excluding carboxylic acids is 1. The van der Waals surface area contributed by atoms with Crippen LogP contribution >= 0.6 is 11.8 Å². The number of hydrogen-bond acceptors (Lipinski definition) is 3. The van der Waals surface area contributed by atoms with Gasteiger partial charge in [-0.3, -0.25) is 4.79 Å². The molecule has 0 radical (unpaired) electrons. The number of hydrazone groups is 1. The summed E-state index contributed by atoms with van der Waals surface area (Å²) in [4.78, 5) is 12.0. The molecule has 2 aliphatic heterocycles. The van der Waals surface area contributed by atoms with Gasteiger partial charge in [-0.15, -0.1) is 0 Å². The van der Waals surface area contributed by atoms with E-state index in [1.807, 2.05) is 0 Å². The molecule has 18 heavy (non-hydrogen) atoms. The minimum Gasteiger partial charge on any atom is -0.272 e. The predicted molar refractivity (Wildman–Crippen MR) is 62.1 cm³/mol. The van der Waals surface area contributed by atoms with Crippen LogP contribution in [0.25, 0.3) is 0 Å². The SMILES string of the molecule is O=C1C2CSCC2=NN1c1cc(F)c(F)cc1F. The van der Waals surface area contributed by atoms with E-state index < -0.39 is 17.5 Å². The van der Waals surface area contributed by atoms with E-state index in [0.717, 1.165) is 5.01 Å². The van der Waals surface area contributed by atoms with Crippen LogP contribution in [-0.2, 0) is 4.79 Å². The van der Waals surface area contributed by atoms with E-state index in [0.29, 0.717) is 29.4 Å². The molecule has 1 atom stereocenters. The van der Waals surface area contributed by atoms with Crippen molar-refractivity contribution in [3.05, 3.63) is 29.6 Å². The van der Waals surface area contributed by atoms with Gasteiger partial charge in [-0.05, 0) is 0 Å². The maximum absolute atomic E-state index is 13.6. The van der Waals surface area contributed by atoms with Crippen molar-refractivity contribution in [2.24, 2.45) is 11.0 Å². The zero-order chi connectivity index (χ0) is 12.9. The molecular formula is C11H7F3N2OS. The Balaban J connectivity index is 2.04. The third kappa shape index (κ3) is 1.61. The van der Waals surface area contributed by atoms with E-state index in [4.69, 9.17) is 0 Å². The van der Waals surface area contributed by atoms with Crippen LogP contribution in [0.3, 0.4) is 0 Å². The first-order valence-electron chi connectivity index (χ1n) is 5.21. The summed E-state index contributed by atoms with van der Waals surface area (Å²) in [5.74, 6) is -3.03. The summed E-state index contributed by atoms with van der Waals surface area (Å²) in [6, 6.07) is 1.07. The van der Waals surface area contributed by atoms with Crippen molar-refractivity contribution in [3.8, 4) is 0 Å². The Kier molecular flexibility index (Phi) is 2.58. The molecule has 1 amide bonds. The van der Waals surface area contributed by atoms with Gasteiger partial charge >= 0.3 is 0 Å². The first kappa shape index (κ1) is 11.6. The molecule has 0 aliphatic carbocycles. The minimum absolute atomic E-state index is 0.342. The molecular weight excluding hydrogens is 265 g/mol. The molecule has 3 rings (SSSR count). The highest BCUT2D eigenvalue weighted by Gasteiger charge is 2.40. The quantitative estimate of drug-likeness (QED) is 0.734. The van der Waals surface area contributed by atoms with Crippen LogP contribution in [0.15, 0.2) is 17.2 Å². The van der Waals surface area contributed by atoms with Crippen molar-refractivity contribution in [1.29, 1.82) is 0 Å². The molecule has 1 aromatic rings. The molecule has 2 heterocycles. The molecule has 1 unspecified atom stereocenters. The predicted octanol–water partition coefficient (Wildman–Crippen LogP) is 2.17. The summed E-state index contributed by atoms with van der Waals surface area (Å²) in [7, 11) is 0. The Morgan fingerprint density at radius 1 is 1.22 bits per heavy atom. The van der Waals surface area contributed by atoms with Gasteiger partial charge in [-0.25, -0.2) is 13.2 Å². The lowest BCUT2D eigenvalue weighted by Crippen LogP contribution is -2.28. The highest BCUT2D eigenvalue weighted by Crippen LogP contribution is 2.33. The summed E-state index contributed by atoms with van der Waals surface area (Å²) in [5.41, 5.74) is 0.319. The minimum atomic E-state index is -1.29. The van der Waals surface area contributed by atoms with Crippen LogP contribution in [0.4, 0.5) is 18.9 Å². The van der Waals surface area contributed by atoms with E-state index in [1.165, 1.54) is 0 Å². The van der Waals surface area contributed by atoms with E-state index in [-0.39, 0.29) is 17.5 Å². The fourth-order valence-corrected chi connectivity index (χ4v) is 3.12. The topological polar surface area (TPSA) is 32.7 Å². The summed E-state index contributed by atoms with van der Waals surface area (Å²) in [5, 5.41) is 4.81. The number of nitrogens with zero attached hydrogens (tertiary/aromatic N) is 2. The molecule has 3 nitrogen and oxygen atoms in total. The fraction of sp³-hybridized carbons (Fsp3) is 0.273. The number of halogens is 3. The number of fused-ring (bicyclic) bond motifs is 1. The van der Waals surface area contributed by atoms with Gasteiger partial charge in [-0.2, -0.15) is 21.9 Å². The van der Waals surface area contributed by atoms with Crippen molar-refractivity contribution in [1.82, 2.24) is 0 Å². The fourth-order valence-electron chi connectivity index (χ4n) is 1.96. The number of benzene rings is 1. The second-order valence-corrected chi connectivity index (χ2v) is 5.06. The molecule has 1 aromatic carbocycles. The molecule has 2 aliphatic rings. The molecule has 1 saturated heterocycles. The summed E-state index contributed by atoms with van der Waals surface area (Å²) >= 11 is 1.57. The largest absolute Gasteiger partial charge is 0.272 e. The van der Waals surface area contributed by atoms with Gasteiger partial charge in [-0.1, -0.05) is 0 Å². The first-order valence-corrected chi connectivity index (χ1v) is 6.37. The van der Waals surface area contributed by atoms with Crippen molar-refractivity contribution in [3.63, 3.8) is 0 Å². The van der Waals surface area contributed by atoms with Gasteiger partial charge in [0.1, 0.15) is 5.69 Å². The maximum atomic E-state index is 13.6. The van der Waals surface area contributed by atoms with Crippen LogP contribution in [0, 0.1) is 23.4 Å². The molecule has 7 heteroatoms. The van der Waals surface area contributed by atoms with Crippen LogP contribution in [0.2, 0.25) is 0 Å². The molecule has 0 bridgehead atoms. The van der Waals surface area contributed by atoms with Crippen LogP contribution in [0.5, 0.6) is 0 Å². The lowest BCUT2D eigenvalue weighted by Gasteiger charge is -2.14. The van der Waals surface area contributed by atoms with Crippen LogP contribution < -0.4 is 5.01 Å². The average Bonchev–Trinajstić information content (AvgIpc) is 2.88. The van der Waals surface area contributed by atoms with E-state index in [9.17, 15) is 18.0 Å². The summed E-state index contributed by atoms with van der Waals surface area (Å²) in [6.07, 6.45) is 0. The monoisotopic (exact) mass is 272 g/mol. The number of carbonyl (C=O) groups is 1. The maximum Gasteiger partial charge on any atom is 0.257 e. The Morgan fingerprint density at radius 2 is 1.94 bits per heavy atom. The van der Waals surface area contributed by atoms with Gasteiger partial charge < -0.3 is 0 Å². The molecule has 0 saturated carbocycles. The van der Waals surface area contributed by atoms with E-state index in [1.54, 1.807) is 11.8 Å². The zero-order valence-corrected chi connectivity index (χ0v) is 9.81. The normalized spacial score (nSPS) is 22.4. The van der Waals surface area contributed by atoms with Crippen LogP contribution in [-0.4, -0.2) is 23.1 Å². The van der Waals surface area contributed by atoms with Gasteiger partial charge in [0.05, 0.1) is 11.6 Å². The van der Waals surface area contributed by atoms with Gasteiger partial charge in [0, 0.05) is 23.6 Å². The average molecular weight is 272 g/mol. The summed E-state index contributed by atoms with van der Waals surface area (Å²) in [6.45, 7) is 0. The second-order valence-electron chi connectivity index (χ2n) is 4.03. The van der Waals surface area contributed by atoms with Crippen molar-refractivity contribution < 1.29 is 18.0 Å². The standard InChI is InChI=1S/C11H7F3N2OS/c12-6-1-8(14)10(2-7(6)13)16-11(17)5-3-18-4-9(5)15-16/h1-2,5H,3-4H2. The van der Waals surface area contributed by atoms with Gasteiger partial charge in [0.2, 0.25) is 0 Å². The highest BCUT2D eigenvalue weighted by molar-refractivity contribution is 8.00.